The summed E-state index contributed by atoms with van der Waals surface area (Å²) in [5.41, 5.74) is 40.2. The van der Waals surface area contributed by atoms with Gasteiger partial charge in [-0.2, -0.15) is 0 Å². The summed E-state index contributed by atoms with van der Waals surface area (Å²) < 4.78 is 19.1. The van der Waals surface area contributed by atoms with Gasteiger partial charge < -0.3 is 18.4 Å². The van der Waals surface area contributed by atoms with Crippen LogP contribution in [0.2, 0.25) is 0 Å². The van der Waals surface area contributed by atoms with Crippen LogP contribution in [-0.2, 0) is 31.0 Å². The molecule has 0 N–H and O–H groups in total. The smallest absolute Gasteiger partial charge is 0.399 e. The SMILES string of the molecule is Brc1ccc2c(c1)c1ccccc1n2-c1ccccc1.C.CC1(C)OB(c2ccc3c(c2)C2(c4ccccc4-3)c3ccccc3C3(c4ccccc4)c4ccccc4-c4cccc2c43)OC1(C)C.[BH4-].c1ccc(-n2c3ccccc3c3cc(-c4ccc5c(c4)C4(c6ccccc6-5)c5ccccc5C5(c6ccccc6)c6ccccc6-c6cccc4c65)ccc32)cc1. The first kappa shape index (κ1) is 76.9. The number of benzene rings is 18. The van der Waals surface area contributed by atoms with E-state index in [0.29, 0.717) is 0 Å². The first-order chi connectivity index (χ1) is 60.9. The fourth-order valence-corrected chi connectivity index (χ4v) is 24.0. The molecular weight excluding hydrogens is 1590 g/mol. The van der Waals surface area contributed by atoms with E-state index in [1.807, 2.05) is 6.07 Å². The number of halogens is 1. The van der Waals surface area contributed by atoms with Gasteiger partial charge in [0.15, 0.2) is 0 Å². The van der Waals surface area contributed by atoms with E-state index in [1.165, 1.54) is 200 Å². The number of nitrogens with zero attached hydrogens (tertiary/aromatic N) is 2. The average molecular weight is 1680 g/mol. The minimum Gasteiger partial charge on any atom is -0.399 e. The largest absolute Gasteiger partial charge is 0.494 e. The summed E-state index contributed by atoms with van der Waals surface area (Å²) in [6.07, 6.45) is 0. The maximum absolute atomic E-state index is 6.64. The third-order valence-electron chi connectivity index (χ3n) is 29.1. The van der Waals surface area contributed by atoms with Gasteiger partial charge in [0.1, 0.15) is 0 Å². The molecule has 602 valence electrons. The second kappa shape index (κ2) is 28.6. The zero-order chi connectivity index (χ0) is 82.6. The van der Waals surface area contributed by atoms with Crippen LogP contribution >= 0.6 is 15.9 Å². The number of hydrogen-bond acceptors (Lipinski definition) is 2. The van der Waals surface area contributed by atoms with Gasteiger partial charge in [0.25, 0.3) is 0 Å². The lowest BCUT2D eigenvalue weighted by Gasteiger charge is -2.48. The lowest BCUT2D eigenvalue weighted by molar-refractivity contribution is 0.00578. The summed E-state index contributed by atoms with van der Waals surface area (Å²) in [5.74, 6) is 0. The molecule has 1 aliphatic heterocycles. The Bertz CT molecular complexity index is 7850. The van der Waals surface area contributed by atoms with Gasteiger partial charge in [0, 0.05) is 37.4 Å². The van der Waals surface area contributed by atoms with Crippen molar-refractivity contribution in [3.63, 3.8) is 0 Å². The molecule has 2 aromatic heterocycles. The molecule has 2 spiro atoms. The molecule has 27 rings (SSSR count). The Hall–Kier alpha value is -13.9. The van der Waals surface area contributed by atoms with E-state index in [4.69, 9.17) is 9.31 Å². The van der Waals surface area contributed by atoms with Crippen molar-refractivity contribution in [1.29, 1.82) is 0 Å². The summed E-state index contributed by atoms with van der Waals surface area (Å²) in [7, 11) is -0.445. The molecule has 126 heavy (non-hydrogen) atoms. The van der Waals surface area contributed by atoms with Crippen LogP contribution in [0.15, 0.2) is 429 Å². The van der Waals surface area contributed by atoms with Crippen LogP contribution < -0.4 is 5.46 Å². The number of para-hydroxylation sites is 4. The summed E-state index contributed by atoms with van der Waals surface area (Å²) in [6.45, 7) is 8.51. The quantitative estimate of drug-likeness (QED) is 0.155. The lowest BCUT2D eigenvalue weighted by atomic mass is 9.52. The summed E-state index contributed by atoms with van der Waals surface area (Å²) in [5, 5.41) is 5.09. The number of aromatic nitrogens is 2. The molecule has 7 heteroatoms. The van der Waals surface area contributed by atoms with Gasteiger partial charge in [-0.25, -0.2) is 0 Å². The molecule has 18 aromatic carbocycles. The van der Waals surface area contributed by atoms with E-state index in [0.717, 1.165) is 9.94 Å². The second-order valence-electron chi connectivity index (χ2n) is 35.4. The third kappa shape index (κ3) is 10.3. The van der Waals surface area contributed by atoms with Gasteiger partial charge in [0.2, 0.25) is 0 Å². The molecule has 0 amide bonds. The Balaban J connectivity index is 0.000000119. The molecule has 1 fully saturated rings. The first-order valence-electron chi connectivity index (χ1n) is 43.4. The molecule has 4 nitrogen and oxygen atoms in total. The first-order valence-corrected chi connectivity index (χ1v) is 44.2. The van der Waals surface area contributed by atoms with E-state index < -0.39 is 40.0 Å². The van der Waals surface area contributed by atoms with Crippen molar-refractivity contribution in [3.05, 3.63) is 518 Å². The average Bonchev–Trinajstić information content (AvgIpc) is 1.47. The van der Waals surface area contributed by atoms with Crippen LogP contribution in [0.25, 0.3) is 111 Å². The molecule has 7 aliphatic rings. The highest BCUT2D eigenvalue weighted by Crippen LogP contribution is 2.71. The minimum absolute atomic E-state index is 0. The summed E-state index contributed by atoms with van der Waals surface area (Å²) >= 11 is 3.57. The Morgan fingerprint density at radius 3 is 1.01 bits per heavy atom. The Morgan fingerprint density at radius 2 is 0.548 bits per heavy atom. The van der Waals surface area contributed by atoms with E-state index in [2.05, 4.69) is 471 Å². The summed E-state index contributed by atoms with van der Waals surface area (Å²) in [6, 6.07) is 158. The Morgan fingerprint density at radius 1 is 0.238 bits per heavy atom. The van der Waals surface area contributed by atoms with Crippen molar-refractivity contribution in [2.24, 2.45) is 0 Å². The van der Waals surface area contributed by atoms with Gasteiger partial charge in [-0.3, -0.25) is 0 Å². The topological polar surface area (TPSA) is 28.3 Å². The molecular formula is C119H90B2BrN2O2-. The van der Waals surface area contributed by atoms with Gasteiger partial charge in [-0.15, -0.1) is 0 Å². The Labute approximate surface area is 746 Å². The highest BCUT2D eigenvalue weighted by atomic mass is 79.9. The fraction of sp³-hybridized carbons (Fsp3) is 0.0924. The highest BCUT2D eigenvalue weighted by molar-refractivity contribution is 9.10. The van der Waals surface area contributed by atoms with Crippen LogP contribution in [-0.4, -0.2) is 35.9 Å². The molecule has 0 bridgehead atoms. The van der Waals surface area contributed by atoms with Crippen molar-refractivity contribution >= 4 is 80.5 Å². The molecule has 20 aromatic rings. The molecule has 0 saturated carbocycles. The number of hydrogen-bond donors (Lipinski definition) is 0. The monoisotopic (exact) mass is 1680 g/mol. The fourth-order valence-electron chi connectivity index (χ4n) is 23.6. The molecule has 6 aliphatic carbocycles. The van der Waals surface area contributed by atoms with Crippen LogP contribution in [0, 0.1) is 0 Å². The van der Waals surface area contributed by atoms with Crippen LogP contribution in [0.3, 0.4) is 0 Å². The lowest BCUT2D eigenvalue weighted by Crippen LogP contribution is -2.44. The van der Waals surface area contributed by atoms with Gasteiger partial charge >= 0.3 is 7.12 Å². The molecule has 3 heterocycles. The predicted octanol–water partition coefficient (Wildman–Crippen LogP) is 27.2. The van der Waals surface area contributed by atoms with Crippen molar-refractivity contribution in [1.82, 2.24) is 9.13 Å². The zero-order valence-corrected chi connectivity index (χ0v) is 70.7. The minimum atomic E-state index is -0.520. The number of fused-ring (bicyclic) bond motifs is 30. The predicted molar refractivity (Wildman–Crippen MR) is 531 cm³/mol. The Kier molecular flexibility index (Phi) is 17.4. The number of rotatable bonds is 6. The van der Waals surface area contributed by atoms with E-state index in [1.54, 1.807) is 0 Å². The van der Waals surface area contributed by atoms with Crippen molar-refractivity contribution < 1.29 is 9.31 Å². The van der Waals surface area contributed by atoms with Crippen molar-refractivity contribution in [2.75, 3.05) is 0 Å². The van der Waals surface area contributed by atoms with E-state index in [-0.39, 0.29) is 15.8 Å². The standard InChI is InChI=1S/C56H35N.C44H35BO2.C18H12BrN.CH4.BH4/c1-3-16-38(17-4-1)55-46-24-10-8-21-41(46)44-23-15-28-50(54(44)55)56(49-27-13-12-26-48(49)55)47-25-11-7-20-40(47)42-32-30-37(35-51(42)56)36-31-33-53-45(34-36)43-22-9-14-29-52(43)57(53)39-18-5-2-6-19-39;1-41(2)42(3,4)47-45(46-41)29-25-26-32-30-17-8-11-21-35(30)44(39(32)27-29)37-23-13-12-22-36(37)43(28-15-6-5-7-16-28)34-20-10-9-18-31(34)33-19-14-24-38(44)40(33)43;19-13-10-11-18-16(12-13)15-8-4-5-9-17(15)20(18)14-6-2-1-3-7-14;;/h1-35H;5-27H,1-4H3;1-12H;2*1H4/q;;;;-1. The molecule has 1 saturated heterocycles. The van der Waals surface area contributed by atoms with E-state index in [9.17, 15) is 0 Å². The van der Waals surface area contributed by atoms with Crippen molar-refractivity contribution in [3.8, 4) is 67.0 Å². The molecule has 0 radical (unpaired) electrons. The zero-order valence-electron chi connectivity index (χ0n) is 69.1. The maximum atomic E-state index is 6.64. The van der Waals surface area contributed by atoms with Crippen LogP contribution in [0.4, 0.5) is 0 Å². The third-order valence-corrected chi connectivity index (χ3v) is 29.6. The van der Waals surface area contributed by atoms with Crippen LogP contribution in [0.1, 0.15) is 124 Å². The molecule has 4 atom stereocenters. The van der Waals surface area contributed by atoms with Gasteiger partial charge in [-0.05, 0) is 251 Å². The summed E-state index contributed by atoms with van der Waals surface area (Å²) in [4.78, 5) is 0. The maximum Gasteiger partial charge on any atom is 0.494 e. The second-order valence-corrected chi connectivity index (χ2v) is 36.3. The normalized spacial score (nSPS) is 18.6. The van der Waals surface area contributed by atoms with Gasteiger partial charge in [0.05, 0.1) is 54.9 Å². The highest BCUT2D eigenvalue weighted by Gasteiger charge is 2.63. The molecule has 4 unspecified atom stereocenters. The van der Waals surface area contributed by atoms with Gasteiger partial charge in [-0.1, -0.05) is 384 Å². The van der Waals surface area contributed by atoms with E-state index >= 15 is 0 Å². The van der Waals surface area contributed by atoms with Crippen molar-refractivity contribution in [2.45, 2.75) is 68.0 Å². The van der Waals surface area contributed by atoms with Crippen LogP contribution in [0.5, 0.6) is 0 Å².